The second kappa shape index (κ2) is 37.2. The minimum atomic E-state index is -0.352. The maximum Gasteiger partial charge on any atom is 0.224 e. The maximum atomic E-state index is 11.9. The highest BCUT2D eigenvalue weighted by Crippen LogP contribution is 2.16. The van der Waals surface area contributed by atoms with Crippen LogP contribution in [0.25, 0.3) is 0 Å². The predicted octanol–water partition coefficient (Wildman–Crippen LogP) is 13.7. The molecule has 0 saturated heterocycles. The van der Waals surface area contributed by atoms with E-state index in [9.17, 15) is 19.8 Å². The van der Waals surface area contributed by atoms with Gasteiger partial charge in [0.2, 0.25) is 11.8 Å². The summed E-state index contributed by atoms with van der Waals surface area (Å²) < 4.78 is 0. The van der Waals surface area contributed by atoms with Crippen LogP contribution in [0.2, 0.25) is 0 Å². The molecule has 6 heteroatoms. The summed E-state index contributed by atoms with van der Waals surface area (Å²) in [6.45, 7) is 4.53. The number of nitrogens with one attached hydrogen (secondary N) is 2. The van der Waals surface area contributed by atoms with Crippen LogP contribution in [-0.2, 0) is 9.59 Å². The number of unbranched alkanes of at least 4 members (excludes halogenated alkanes) is 22. The number of carbonyl (C=O) groups is 2. The quantitative estimate of drug-likeness (QED) is 0.0535. The van der Waals surface area contributed by atoms with Crippen molar-refractivity contribution in [3.63, 3.8) is 0 Å². The summed E-state index contributed by atoms with van der Waals surface area (Å²) in [5.41, 5.74) is 1.64. The lowest BCUT2D eigenvalue weighted by molar-refractivity contribution is -0.117. The Morgan fingerprint density at radius 3 is 0.944 bits per heavy atom. The molecule has 0 aromatic heterocycles. The molecule has 0 saturated carbocycles. The van der Waals surface area contributed by atoms with Crippen molar-refractivity contribution in [1.29, 1.82) is 0 Å². The monoisotopic (exact) mass is 751 g/mol. The molecule has 2 unspecified atom stereocenters. The number of amides is 2. The number of carbonyl (C=O) groups excluding carboxylic acids is 2. The number of hydrogen-bond acceptors (Lipinski definition) is 4. The minimum absolute atomic E-state index is 0.0186. The zero-order valence-corrected chi connectivity index (χ0v) is 34.9. The normalized spacial score (nSPS) is 12.1. The standard InChI is InChI=1S/2C24H41NO2/c2*1-2-3-4-5-6-7-8-9-10-11-12-16-19-23(26)20-21-24(27)25-22-17-14-13-15-18-22/h2*13-15,17-18,23,26H,2-12,16,19-21H2,1H3,(H,25,27). The van der Waals surface area contributed by atoms with Crippen LogP contribution < -0.4 is 10.6 Å². The van der Waals surface area contributed by atoms with E-state index in [1.54, 1.807) is 0 Å². The van der Waals surface area contributed by atoms with Crippen molar-refractivity contribution in [3.8, 4) is 0 Å². The van der Waals surface area contributed by atoms with Gasteiger partial charge in [0, 0.05) is 24.2 Å². The van der Waals surface area contributed by atoms with Gasteiger partial charge in [0.05, 0.1) is 12.2 Å². The third-order valence-electron chi connectivity index (χ3n) is 10.3. The first-order chi connectivity index (χ1) is 26.4. The zero-order valence-electron chi connectivity index (χ0n) is 34.9. The largest absolute Gasteiger partial charge is 0.393 e. The summed E-state index contributed by atoms with van der Waals surface area (Å²) in [4.78, 5) is 23.7. The highest BCUT2D eigenvalue weighted by Gasteiger charge is 2.10. The highest BCUT2D eigenvalue weighted by atomic mass is 16.3. The molecule has 0 aliphatic carbocycles. The molecule has 0 aliphatic heterocycles. The van der Waals surface area contributed by atoms with Crippen LogP contribution in [0.4, 0.5) is 11.4 Å². The number of aliphatic hydroxyl groups is 2. The van der Waals surface area contributed by atoms with Gasteiger partial charge in [0.15, 0.2) is 0 Å². The van der Waals surface area contributed by atoms with Crippen molar-refractivity contribution in [2.45, 2.75) is 219 Å². The Balaban J connectivity index is 0.000000540. The van der Waals surface area contributed by atoms with E-state index in [1.165, 1.54) is 141 Å². The van der Waals surface area contributed by atoms with Crippen molar-refractivity contribution in [3.05, 3.63) is 60.7 Å². The van der Waals surface area contributed by atoms with Gasteiger partial charge in [-0.1, -0.05) is 204 Å². The summed E-state index contributed by atoms with van der Waals surface area (Å²) in [6, 6.07) is 19.0. The van der Waals surface area contributed by atoms with Crippen molar-refractivity contribution >= 4 is 23.2 Å². The molecule has 4 N–H and O–H groups in total. The van der Waals surface area contributed by atoms with E-state index in [-0.39, 0.29) is 24.0 Å². The molecule has 308 valence electrons. The Morgan fingerprint density at radius 1 is 0.407 bits per heavy atom. The Labute approximate surface area is 332 Å². The van der Waals surface area contributed by atoms with E-state index in [4.69, 9.17) is 0 Å². The Kier molecular flexibility index (Phi) is 34.0. The minimum Gasteiger partial charge on any atom is -0.393 e. The smallest absolute Gasteiger partial charge is 0.224 e. The Bertz CT molecular complexity index is 1010. The van der Waals surface area contributed by atoms with Crippen molar-refractivity contribution in [2.24, 2.45) is 0 Å². The zero-order chi connectivity index (χ0) is 39.2. The summed E-state index contributed by atoms with van der Waals surface area (Å²) in [6.07, 6.45) is 34.7. The van der Waals surface area contributed by atoms with Crippen LogP contribution in [0.5, 0.6) is 0 Å². The molecule has 0 spiro atoms. The Morgan fingerprint density at radius 2 is 0.667 bits per heavy atom. The van der Waals surface area contributed by atoms with E-state index in [1.807, 2.05) is 60.7 Å². The Hall–Kier alpha value is -2.70. The molecule has 0 aliphatic rings. The van der Waals surface area contributed by atoms with Gasteiger partial charge in [0.1, 0.15) is 0 Å². The third-order valence-corrected chi connectivity index (χ3v) is 10.3. The lowest BCUT2D eigenvalue weighted by Crippen LogP contribution is -2.15. The van der Waals surface area contributed by atoms with Gasteiger partial charge in [0.25, 0.3) is 0 Å². The first kappa shape index (κ1) is 49.3. The average molecular weight is 751 g/mol. The number of anilines is 2. The van der Waals surface area contributed by atoms with Gasteiger partial charge >= 0.3 is 0 Å². The molecular formula is C48H82N2O4. The highest BCUT2D eigenvalue weighted by molar-refractivity contribution is 5.91. The van der Waals surface area contributed by atoms with Gasteiger partial charge < -0.3 is 20.8 Å². The van der Waals surface area contributed by atoms with Gasteiger partial charge in [-0.3, -0.25) is 9.59 Å². The van der Waals surface area contributed by atoms with E-state index in [0.717, 1.165) is 37.1 Å². The second-order valence-corrected chi connectivity index (χ2v) is 15.6. The molecule has 54 heavy (non-hydrogen) atoms. The van der Waals surface area contributed by atoms with Crippen LogP contribution in [0.3, 0.4) is 0 Å². The number of para-hydroxylation sites is 2. The van der Waals surface area contributed by atoms with Crippen LogP contribution in [0.15, 0.2) is 60.7 Å². The van der Waals surface area contributed by atoms with Gasteiger partial charge in [-0.25, -0.2) is 0 Å². The predicted molar refractivity (Wildman–Crippen MR) is 232 cm³/mol. The molecule has 0 heterocycles. The molecule has 6 nitrogen and oxygen atoms in total. The molecule has 0 radical (unpaired) electrons. The van der Waals surface area contributed by atoms with Gasteiger partial charge in [-0.05, 0) is 49.9 Å². The van der Waals surface area contributed by atoms with Crippen LogP contribution >= 0.6 is 0 Å². The van der Waals surface area contributed by atoms with Crippen molar-refractivity contribution in [2.75, 3.05) is 10.6 Å². The number of hydrogen-bond donors (Lipinski definition) is 4. The van der Waals surface area contributed by atoms with Crippen LogP contribution in [-0.4, -0.2) is 34.2 Å². The van der Waals surface area contributed by atoms with Crippen molar-refractivity contribution in [1.82, 2.24) is 0 Å². The van der Waals surface area contributed by atoms with Gasteiger partial charge in [-0.15, -0.1) is 0 Å². The van der Waals surface area contributed by atoms with E-state index < -0.39 is 0 Å². The van der Waals surface area contributed by atoms with Crippen LogP contribution in [0, 0.1) is 0 Å². The average Bonchev–Trinajstić information content (AvgIpc) is 3.18. The molecule has 2 rings (SSSR count). The van der Waals surface area contributed by atoms with Crippen molar-refractivity contribution < 1.29 is 19.8 Å². The molecule has 2 aromatic carbocycles. The van der Waals surface area contributed by atoms with E-state index >= 15 is 0 Å². The lowest BCUT2D eigenvalue weighted by atomic mass is 10.0. The maximum absolute atomic E-state index is 11.9. The molecule has 0 bridgehead atoms. The van der Waals surface area contributed by atoms with Gasteiger partial charge in [-0.2, -0.15) is 0 Å². The molecule has 2 atom stereocenters. The summed E-state index contributed by atoms with van der Waals surface area (Å²) in [5.74, 6) is -0.0371. The van der Waals surface area contributed by atoms with E-state index in [0.29, 0.717) is 25.7 Å². The third kappa shape index (κ3) is 32.7. The first-order valence-electron chi connectivity index (χ1n) is 22.5. The fourth-order valence-corrected chi connectivity index (χ4v) is 6.82. The number of benzene rings is 2. The number of rotatable bonds is 34. The molecular weight excluding hydrogens is 669 g/mol. The first-order valence-corrected chi connectivity index (χ1v) is 22.5. The van der Waals surface area contributed by atoms with E-state index in [2.05, 4.69) is 24.5 Å². The second-order valence-electron chi connectivity index (χ2n) is 15.6. The van der Waals surface area contributed by atoms with Crippen LogP contribution in [0.1, 0.15) is 206 Å². The fraction of sp³-hybridized carbons (Fsp3) is 0.708. The lowest BCUT2D eigenvalue weighted by Gasteiger charge is -2.10. The number of aliphatic hydroxyl groups excluding tert-OH is 2. The fourth-order valence-electron chi connectivity index (χ4n) is 6.82. The summed E-state index contributed by atoms with van der Waals surface area (Å²) in [5, 5.41) is 25.8. The topological polar surface area (TPSA) is 98.7 Å². The SMILES string of the molecule is CCCCCCCCCCCCCCC(O)CCC(=O)Nc1ccccc1.CCCCCCCCCCCCCCC(O)CCC(=O)Nc1ccccc1. The molecule has 2 aromatic rings. The molecule has 0 fully saturated rings. The summed E-state index contributed by atoms with van der Waals surface area (Å²) >= 11 is 0. The summed E-state index contributed by atoms with van der Waals surface area (Å²) in [7, 11) is 0. The molecule has 2 amide bonds.